The topological polar surface area (TPSA) is 109 Å². The number of rotatable bonds is 6. The van der Waals surface area contributed by atoms with E-state index in [0.29, 0.717) is 33.1 Å². The summed E-state index contributed by atoms with van der Waals surface area (Å²) in [6.45, 7) is 0. The number of hydrogen-bond donors (Lipinski definition) is 2. The molecule has 3 N–H and O–H groups in total. The highest BCUT2D eigenvalue weighted by Gasteiger charge is 2.28. The molecule has 10 heteroatoms. The van der Waals surface area contributed by atoms with Gasteiger partial charge in [-0.1, -0.05) is 35.7 Å². The molecule has 1 saturated carbocycles. The number of benzene rings is 2. The van der Waals surface area contributed by atoms with E-state index < -0.39 is 6.09 Å². The van der Waals surface area contributed by atoms with Crippen molar-refractivity contribution in [1.82, 2.24) is 9.97 Å². The van der Waals surface area contributed by atoms with Gasteiger partial charge in [-0.05, 0) is 37.0 Å². The summed E-state index contributed by atoms with van der Waals surface area (Å²) in [5, 5.41) is 4.88. The average molecular weight is 491 g/mol. The largest absolute Gasteiger partial charge is 0.495 e. The summed E-state index contributed by atoms with van der Waals surface area (Å²) in [6, 6.07) is 7.21. The Kier molecular flexibility index (Phi) is 6.95. The maximum atomic E-state index is 11.2. The van der Waals surface area contributed by atoms with Gasteiger partial charge in [-0.15, -0.1) is 0 Å². The Balaban J connectivity index is 1.65. The zero-order chi connectivity index (χ0) is 23.5. The minimum atomic E-state index is -0.771. The van der Waals surface area contributed by atoms with Gasteiger partial charge in [-0.25, -0.2) is 14.8 Å². The summed E-state index contributed by atoms with van der Waals surface area (Å²) in [5.74, 6) is 1.38. The van der Waals surface area contributed by atoms with Crippen molar-refractivity contribution in [2.24, 2.45) is 5.73 Å². The number of nitrogens with one attached hydrogen (secondary N) is 1. The Labute approximate surface area is 201 Å². The second kappa shape index (κ2) is 9.89. The van der Waals surface area contributed by atoms with Crippen LogP contribution in [0.4, 0.5) is 10.7 Å². The van der Waals surface area contributed by atoms with Crippen molar-refractivity contribution in [3.63, 3.8) is 0 Å². The smallest absolute Gasteiger partial charge is 0.404 e. The molecule has 8 nitrogen and oxygen atoms in total. The van der Waals surface area contributed by atoms with Crippen molar-refractivity contribution in [3.8, 4) is 22.6 Å². The first-order valence-corrected chi connectivity index (χ1v) is 11.3. The SMILES string of the molecule is COc1cc(OC)c(Cl)c(-c2ccc3nc(N[C@@H]4CCCC[C@@H]4OC(N)=O)ncc3c2)c1Cl. The van der Waals surface area contributed by atoms with Gasteiger partial charge < -0.3 is 25.3 Å². The quantitative estimate of drug-likeness (QED) is 0.473. The summed E-state index contributed by atoms with van der Waals surface area (Å²) in [6.07, 6.45) is 4.25. The second-order valence-electron chi connectivity index (χ2n) is 7.76. The van der Waals surface area contributed by atoms with E-state index in [0.717, 1.165) is 42.1 Å². The molecule has 33 heavy (non-hydrogen) atoms. The first kappa shape index (κ1) is 23.2. The lowest BCUT2D eigenvalue weighted by atomic mass is 9.92. The third-order valence-electron chi connectivity index (χ3n) is 5.73. The standard InChI is InChI=1S/C23H24Cl2N4O4/c1-31-17-10-18(32-2)21(25)19(20(17)24)12-7-8-14-13(9-12)11-27-23(28-14)29-15-5-3-4-6-16(15)33-22(26)30/h7-11,15-16H,3-6H2,1-2H3,(H2,26,30)(H,27,28,29)/t15-,16+/m1/s1. The van der Waals surface area contributed by atoms with Crippen LogP contribution in [0.25, 0.3) is 22.0 Å². The normalized spacial score (nSPS) is 18.1. The number of primary amides is 1. The van der Waals surface area contributed by atoms with Gasteiger partial charge in [0.1, 0.15) is 17.6 Å². The molecule has 0 spiro atoms. The highest BCUT2D eigenvalue weighted by molar-refractivity contribution is 6.41. The monoisotopic (exact) mass is 490 g/mol. The predicted molar refractivity (Wildman–Crippen MR) is 128 cm³/mol. The maximum Gasteiger partial charge on any atom is 0.404 e. The van der Waals surface area contributed by atoms with Crippen molar-refractivity contribution in [3.05, 3.63) is 40.5 Å². The molecule has 1 heterocycles. The van der Waals surface area contributed by atoms with Crippen LogP contribution >= 0.6 is 23.2 Å². The number of fused-ring (bicyclic) bond motifs is 1. The van der Waals surface area contributed by atoms with Crippen LogP contribution in [-0.4, -0.2) is 42.4 Å². The van der Waals surface area contributed by atoms with Gasteiger partial charge in [0.05, 0.1) is 35.8 Å². The molecule has 1 amide bonds. The molecule has 174 valence electrons. The number of nitrogens with two attached hydrogens (primary N) is 1. The molecule has 0 bridgehead atoms. The summed E-state index contributed by atoms with van der Waals surface area (Å²) in [7, 11) is 3.07. The van der Waals surface area contributed by atoms with E-state index in [1.165, 1.54) is 14.2 Å². The van der Waals surface area contributed by atoms with Gasteiger partial charge in [-0.2, -0.15) is 0 Å². The van der Waals surface area contributed by atoms with E-state index in [2.05, 4.69) is 15.3 Å². The number of carbonyl (C=O) groups is 1. The van der Waals surface area contributed by atoms with Gasteiger partial charge in [0.2, 0.25) is 5.95 Å². The summed E-state index contributed by atoms with van der Waals surface area (Å²) in [5.41, 5.74) is 7.34. The molecular formula is C23H24Cl2N4O4. The van der Waals surface area contributed by atoms with Gasteiger partial charge in [0.15, 0.2) is 0 Å². The summed E-state index contributed by atoms with van der Waals surface area (Å²) >= 11 is 13.1. The highest BCUT2D eigenvalue weighted by Crippen LogP contribution is 2.46. The molecule has 2 aromatic carbocycles. The molecule has 0 aliphatic heterocycles. The fourth-order valence-electron chi connectivity index (χ4n) is 4.12. The Morgan fingerprint density at radius 3 is 2.45 bits per heavy atom. The van der Waals surface area contributed by atoms with Crippen LogP contribution in [0.1, 0.15) is 25.7 Å². The van der Waals surface area contributed by atoms with Gasteiger partial charge in [0.25, 0.3) is 0 Å². The highest BCUT2D eigenvalue weighted by atomic mass is 35.5. The van der Waals surface area contributed by atoms with Crippen molar-refractivity contribution in [1.29, 1.82) is 0 Å². The number of halogens is 2. The lowest BCUT2D eigenvalue weighted by Gasteiger charge is -2.31. The van der Waals surface area contributed by atoms with Crippen LogP contribution in [0.2, 0.25) is 10.0 Å². The summed E-state index contributed by atoms with van der Waals surface area (Å²) in [4.78, 5) is 20.3. The Hall–Kier alpha value is -2.97. The number of hydrogen-bond acceptors (Lipinski definition) is 7. The van der Waals surface area contributed by atoms with Crippen LogP contribution in [0, 0.1) is 0 Å². The molecule has 0 radical (unpaired) electrons. The Morgan fingerprint density at radius 1 is 1.09 bits per heavy atom. The van der Waals surface area contributed by atoms with Crippen molar-refractivity contribution in [2.75, 3.05) is 19.5 Å². The lowest BCUT2D eigenvalue weighted by Crippen LogP contribution is -2.41. The molecule has 1 aliphatic carbocycles. The third kappa shape index (κ3) is 4.86. The number of carbonyl (C=O) groups excluding carboxylic acids is 1. The molecule has 4 rings (SSSR count). The Bertz CT molecular complexity index is 1160. The third-order valence-corrected chi connectivity index (χ3v) is 6.48. The molecule has 0 unspecified atom stereocenters. The predicted octanol–water partition coefficient (Wildman–Crippen LogP) is 5.44. The zero-order valence-corrected chi connectivity index (χ0v) is 19.7. The Morgan fingerprint density at radius 2 is 1.79 bits per heavy atom. The number of methoxy groups -OCH3 is 2. The van der Waals surface area contributed by atoms with Crippen LogP contribution < -0.4 is 20.5 Å². The number of ether oxygens (including phenoxy) is 3. The van der Waals surface area contributed by atoms with Crippen molar-refractivity contribution >= 4 is 46.1 Å². The fourth-order valence-corrected chi connectivity index (χ4v) is 4.83. The van der Waals surface area contributed by atoms with E-state index in [-0.39, 0.29) is 12.1 Å². The first-order chi connectivity index (χ1) is 15.9. The number of nitrogens with zero attached hydrogens (tertiary/aromatic N) is 2. The number of amides is 1. The van der Waals surface area contributed by atoms with E-state index in [1.54, 1.807) is 12.3 Å². The van der Waals surface area contributed by atoms with Crippen LogP contribution in [0.15, 0.2) is 30.5 Å². The average Bonchev–Trinajstić information content (AvgIpc) is 2.80. The zero-order valence-electron chi connectivity index (χ0n) is 18.2. The van der Waals surface area contributed by atoms with Crippen LogP contribution in [0.5, 0.6) is 11.5 Å². The van der Waals surface area contributed by atoms with E-state index in [1.807, 2.05) is 18.2 Å². The lowest BCUT2D eigenvalue weighted by molar-refractivity contribution is 0.0743. The van der Waals surface area contributed by atoms with E-state index in [4.69, 9.17) is 43.1 Å². The molecule has 1 aliphatic rings. The fraction of sp³-hybridized carbons (Fsp3) is 0.348. The van der Waals surface area contributed by atoms with Crippen molar-refractivity contribution < 1.29 is 19.0 Å². The molecule has 1 aromatic heterocycles. The number of aromatic nitrogens is 2. The second-order valence-corrected chi connectivity index (χ2v) is 8.52. The van der Waals surface area contributed by atoms with Crippen LogP contribution in [-0.2, 0) is 4.74 Å². The molecule has 1 fully saturated rings. The minimum Gasteiger partial charge on any atom is -0.495 e. The molecule has 2 atom stereocenters. The summed E-state index contributed by atoms with van der Waals surface area (Å²) < 4.78 is 16.0. The van der Waals surface area contributed by atoms with Crippen LogP contribution in [0.3, 0.4) is 0 Å². The molecule has 0 saturated heterocycles. The van der Waals surface area contributed by atoms with E-state index >= 15 is 0 Å². The minimum absolute atomic E-state index is 0.0927. The van der Waals surface area contributed by atoms with E-state index in [9.17, 15) is 4.79 Å². The maximum absolute atomic E-state index is 11.2. The van der Waals surface area contributed by atoms with Gasteiger partial charge in [-0.3, -0.25) is 0 Å². The van der Waals surface area contributed by atoms with Gasteiger partial charge in [0, 0.05) is 23.2 Å². The molecular weight excluding hydrogens is 467 g/mol. The molecule has 3 aromatic rings. The van der Waals surface area contributed by atoms with Gasteiger partial charge >= 0.3 is 6.09 Å². The first-order valence-electron chi connectivity index (χ1n) is 10.5. The van der Waals surface area contributed by atoms with Crippen molar-refractivity contribution in [2.45, 2.75) is 37.8 Å². The number of anilines is 1.